The van der Waals surface area contributed by atoms with E-state index in [-0.39, 0.29) is 12.5 Å². The van der Waals surface area contributed by atoms with Gasteiger partial charge in [0.05, 0.1) is 15.6 Å². The number of carbonyl (C=O) groups excluding carboxylic acids is 1. The molecule has 8 heteroatoms. The van der Waals surface area contributed by atoms with Crippen LogP contribution in [-0.4, -0.2) is 16.8 Å². The van der Waals surface area contributed by atoms with Crippen molar-refractivity contribution in [2.45, 2.75) is 0 Å². The molecule has 0 saturated carbocycles. The number of carbonyl (C=O) groups is 1. The Morgan fingerprint density at radius 2 is 2.04 bits per heavy atom. The van der Waals surface area contributed by atoms with Gasteiger partial charge in [-0.3, -0.25) is 9.69 Å². The molecular weight excluding hydrogens is 456 g/mol. The molecule has 0 aromatic heterocycles. The minimum Gasteiger partial charge on any atom is -0.479 e. The summed E-state index contributed by atoms with van der Waals surface area (Å²) in [6.07, 6.45) is 1.77. The molecule has 1 aliphatic heterocycles. The van der Waals surface area contributed by atoms with Gasteiger partial charge in [-0.1, -0.05) is 47.7 Å². The molecule has 0 spiro atoms. The normalized spacial score (nSPS) is 15.4. The molecule has 1 fully saturated rings. The summed E-state index contributed by atoms with van der Waals surface area (Å²) in [5, 5.41) is 9.03. The predicted octanol–water partition coefficient (Wildman–Crippen LogP) is 5.41. The lowest BCUT2D eigenvalue weighted by molar-refractivity contribution is -0.113. The fourth-order valence-electron chi connectivity index (χ4n) is 2.24. The Morgan fingerprint density at radius 3 is 2.69 bits per heavy atom. The maximum absolute atomic E-state index is 12.8. The van der Waals surface area contributed by atoms with Gasteiger partial charge in [0, 0.05) is 4.47 Å². The van der Waals surface area contributed by atoms with Crippen LogP contribution in [0.25, 0.3) is 6.08 Å². The molecule has 0 N–H and O–H groups in total. The molecule has 0 atom stereocenters. The second-order valence-electron chi connectivity index (χ2n) is 5.13. The molecule has 1 saturated heterocycles. The van der Waals surface area contributed by atoms with Gasteiger partial charge in [-0.15, -0.1) is 0 Å². The molecule has 1 heterocycles. The molecule has 0 aliphatic carbocycles. The first-order valence-corrected chi connectivity index (χ1v) is 9.72. The Hall–Kier alpha value is -1.85. The number of anilines is 1. The van der Waals surface area contributed by atoms with Crippen molar-refractivity contribution in [2.75, 3.05) is 11.5 Å². The van der Waals surface area contributed by atoms with Crippen molar-refractivity contribution in [3.63, 3.8) is 0 Å². The maximum atomic E-state index is 12.8. The van der Waals surface area contributed by atoms with Crippen LogP contribution in [0.5, 0.6) is 5.75 Å². The molecule has 130 valence electrons. The van der Waals surface area contributed by atoms with E-state index in [1.165, 1.54) is 16.7 Å². The van der Waals surface area contributed by atoms with E-state index in [1.54, 1.807) is 36.4 Å². The molecule has 26 heavy (non-hydrogen) atoms. The number of hydrogen-bond acceptors (Lipinski definition) is 5. The van der Waals surface area contributed by atoms with Gasteiger partial charge in [-0.05, 0) is 57.9 Å². The van der Waals surface area contributed by atoms with Crippen molar-refractivity contribution < 1.29 is 9.53 Å². The quantitative estimate of drug-likeness (QED) is 0.446. The van der Waals surface area contributed by atoms with E-state index in [0.717, 1.165) is 10.0 Å². The van der Waals surface area contributed by atoms with Crippen LogP contribution in [0.2, 0.25) is 5.02 Å². The van der Waals surface area contributed by atoms with Gasteiger partial charge in [0.1, 0.15) is 11.8 Å². The Morgan fingerprint density at radius 1 is 1.31 bits per heavy atom. The van der Waals surface area contributed by atoms with E-state index < -0.39 is 0 Å². The summed E-state index contributed by atoms with van der Waals surface area (Å²) >= 11 is 16.1. The average Bonchev–Trinajstić information content (AvgIpc) is 2.90. The van der Waals surface area contributed by atoms with Crippen LogP contribution in [0.4, 0.5) is 5.69 Å². The number of ether oxygens (including phenoxy) is 1. The number of rotatable bonds is 4. The summed E-state index contributed by atoms with van der Waals surface area (Å²) in [7, 11) is 0. The van der Waals surface area contributed by atoms with Crippen molar-refractivity contribution in [3.8, 4) is 11.8 Å². The van der Waals surface area contributed by atoms with E-state index in [1.807, 2.05) is 18.2 Å². The van der Waals surface area contributed by atoms with Crippen LogP contribution in [-0.2, 0) is 4.79 Å². The van der Waals surface area contributed by atoms with Crippen LogP contribution in [0.15, 0.2) is 51.8 Å². The highest BCUT2D eigenvalue weighted by molar-refractivity contribution is 9.10. The molecule has 4 nitrogen and oxygen atoms in total. The second-order valence-corrected chi connectivity index (χ2v) is 8.07. The summed E-state index contributed by atoms with van der Waals surface area (Å²) in [4.78, 5) is 14.8. The molecule has 1 aliphatic rings. The Balaban J connectivity index is 1.83. The van der Waals surface area contributed by atoms with Crippen molar-refractivity contribution in [1.82, 2.24) is 0 Å². The minimum absolute atomic E-state index is 0.00620. The summed E-state index contributed by atoms with van der Waals surface area (Å²) in [6, 6.07) is 14.3. The zero-order chi connectivity index (χ0) is 18.7. The Bertz CT molecular complexity index is 955. The van der Waals surface area contributed by atoms with Gasteiger partial charge in [0.25, 0.3) is 5.91 Å². The van der Waals surface area contributed by atoms with Gasteiger partial charge in [0.15, 0.2) is 10.9 Å². The molecule has 2 aromatic rings. The molecule has 0 unspecified atom stereocenters. The number of halogens is 2. The smallest absolute Gasteiger partial charge is 0.270 e. The van der Waals surface area contributed by atoms with Crippen LogP contribution in [0, 0.1) is 11.3 Å². The molecule has 0 radical (unpaired) electrons. The van der Waals surface area contributed by atoms with E-state index in [4.69, 9.17) is 33.8 Å². The first kappa shape index (κ1) is 18.9. The topological polar surface area (TPSA) is 53.3 Å². The minimum atomic E-state index is -0.191. The van der Waals surface area contributed by atoms with Gasteiger partial charge in [-0.25, -0.2) is 0 Å². The van der Waals surface area contributed by atoms with E-state index in [9.17, 15) is 4.79 Å². The van der Waals surface area contributed by atoms with E-state index >= 15 is 0 Å². The highest BCUT2D eigenvalue weighted by Gasteiger charge is 2.33. The molecule has 3 rings (SSSR count). The highest BCUT2D eigenvalue weighted by atomic mass is 79.9. The molecule has 0 bridgehead atoms. The highest BCUT2D eigenvalue weighted by Crippen LogP contribution is 2.38. The Labute approximate surface area is 173 Å². The summed E-state index contributed by atoms with van der Waals surface area (Å²) in [5.41, 5.74) is 1.47. The monoisotopic (exact) mass is 464 g/mol. The summed E-state index contributed by atoms with van der Waals surface area (Å²) in [5.74, 6) is 0.406. The third-order valence-corrected chi connectivity index (χ3v) is 5.97. The number of thioether (sulfide) groups is 1. The number of thiocarbonyl (C=S) groups is 1. The SMILES string of the molecule is N#CCOc1ccc(/C=C2\SC(=S)N(c3ccc(Br)c(Cl)c3)C2=O)cc1. The van der Waals surface area contributed by atoms with Gasteiger partial charge in [0.2, 0.25) is 0 Å². The lowest BCUT2D eigenvalue weighted by Crippen LogP contribution is -2.27. The summed E-state index contributed by atoms with van der Waals surface area (Å²) < 4.78 is 6.42. The number of amides is 1. The van der Waals surface area contributed by atoms with Crippen molar-refractivity contribution in [3.05, 3.63) is 62.4 Å². The van der Waals surface area contributed by atoms with Crippen molar-refractivity contribution in [2.24, 2.45) is 0 Å². The summed E-state index contributed by atoms with van der Waals surface area (Å²) in [6.45, 7) is -0.00620. The lowest BCUT2D eigenvalue weighted by atomic mass is 10.2. The largest absolute Gasteiger partial charge is 0.479 e. The standard InChI is InChI=1S/C18H10BrClN2O2S2/c19-14-6-3-12(10-15(14)20)22-17(23)16(26-18(22)25)9-11-1-4-13(5-2-11)24-8-7-21/h1-6,9-10H,8H2/b16-9-. The third kappa shape index (κ3) is 4.10. The second kappa shape index (κ2) is 8.23. The van der Waals surface area contributed by atoms with Gasteiger partial charge in [-0.2, -0.15) is 5.26 Å². The fraction of sp³-hybridized carbons (Fsp3) is 0.0556. The van der Waals surface area contributed by atoms with Crippen LogP contribution in [0.1, 0.15) is 5.56 Å². The first-order valence-electron chi connectivity index (χ1n) is 7.32. The van der Waals surface area contributed by atoms with Crippen molar-refractivity contribution in [1.29, 1.82) is 5.26 Å². The Kier molecular flexibility index (Phi) is 5.99. The average molecular weight is 466 g/mol. The first-order chi connectivity index (χ1) is 12.5. The van der Waals surface area contributed by atoms with Crippen molar-refractivity contribution >= 4 is 73.5 Å². The van der Waals surface area contributed by atoms with Crippen LogP contribution < -0.4 is 9.64 Å². The lowest BCUT2D eigenvalue weighted by Gasteiger charge is -2.15. The fourth-order valence-corrected chi connectivity index (χ4v) is 3.96. The molecular formula is C18H10BrClN2O2S2. The van der Waals surface area contributed by atoms with Gasteiger partial charge >= 0.3 is 0 Å². The third-order valence-electron chi connectivity index (χ3n) is 3.44. The molecule has 1 amide bonds. The van der Waals surface area contributed by atoms with Crippen LogP contribution >= 0.6 is 51.5 Å². The number of hydrogen-bond donors (Lipinski definition) is 0. The van der Waals surface area contributed by atoms with Gasteiger partial charge < -0.3 is 4.74 Å². The van der Waals surface area contributed by atoms with E-state index in [0.29, 0.717) is 25.7 Å². The van der Waals surface area contributed by atoms with Crippen LogP contribution in [0.3, 0.4) is 0 Å². The zero-order valence-electron chi connectivity index (χ0n) is 13.1. The molecule has 2 aromatic carbocycles. The zero-order valence-corrected chi connectivity index (χ0v) is 17.1. The number of nitriles is 1. The predicted molar refractivity (Wildman–Crippen MR) is 112 cm³/mol. The number of benzene rings is 2. The maximum Gasteiger partial charge on any atom is 0.270 e. The number of nitrogens with zero attached hydrogens (tertiary/aromatic N) is 2. The van der Waals surface area contributed by atoms with E-state index in [2.05, 4.69) is 15.9 Å².